The molecular weight excluding hydrogens is 324 g/mol. The zero-order valence-corrected chi connectivity index (χ0v) is 12.3. The minimum absolute atomic E-state index is 0.0488. The van der Waals surface area contributed by atoms with Crippen molar-refractivity contribution in [2.75, 3.05) is 18.2 Å². The number of anilines is 2. The smallest absolute Gasteiger partial charge is 0.255 e. The van der Waals surface area contributed by atoms with Gasteiger partial charge in [0.15, 0.2) is 0 Å². The Morgan fingerprint density at radius 1 is 1.30 bits per heavy atom. The molecule has 6 heteroatoms. The number of nitrogens with one attached hydrogen (secondary N) is 1. The van der Waals surface area contributed by atoms with Crippen molar-refractivity contribution in [1.82, 2.24) is 0 Å². The molecule has 0 aliphatic heterocycles. The molecule has 4 N–H and O–H groups in total. The maximum absolute atomic E-state index is 12.1. The molecule has 2 aromatic carbocycles. The van der Waals surface area contributed by atoms with Gasteiger partial charge in [-0.05, 0) is 46.3 Å². The van der Waals surface area contributed by atoms with Gasteiger partial charge in [0.1, 0.15) is 11.5 Å². The van der Waals surface area contributed by atoms with E-state index in [4.69, 9.17) is 10.5 Å². The second-order valence-corrected chi connectivity index (χ2v) is 4.93. The molecule has 0 spiro atoms. The Hall–Kier alpha value is -2.21. The summed E-state index contributed by atoms with van der Waals surface area (Å²) in [6.07, 6.45) is 0. The standard InChI is InChI=1S/C14H13BrN2O3/c1-20-13-5-2-8(6-10(13)15)14(19)17-12-4-3-9(18)7-11(12)16/h2-7,18H,16H2,1H3,(H,17,19). The van der Waals surface area contributed by atoms with Crippen molar-refractivity contribution >= 4 is 33.2 Å². The molecule has 0 aromatic heterocycles. The Balaban J connectivity index is 2.21. The van der Waals surface area contributed by atoms with E-state index < -0.39 is 0 Å². The topological polar surface area (TPSA) is 84.6 Å². The van der Waals surface area contributed by atoms with Gasteiger partial charge in [-0.25, -0.2) is 0 Å². The molecule has 5 nitrogen and oxygen atoms in total. The highest BCUT2D eigenvalue weighted by atomic mass is 79.9. The van der Waals surface area contributed by atoms with E-state index in [0.29, 0.717) is 27.2 Å². The van der Waals surface area contributed by atoms with E-state index in [1.165, 1.54) is 12.1 Å². The number of nitrogen functional groups attached to an aromatic ring is 1. The Bertz CT molecular complexity index is 659. The summed E-state index contributed by atoms with van der Waals surface area (Å²) in [6, 6.07) is 9.37. The average molecular weight is 337 g/mol. The van der Waals surface area contributed by atoms with E-state index in [1.54, 1.807) is 31.4 Å². The number of aromatic hydroxyl groups is 1. The van der Waals surface area contributed by atoms with Gasteiger partial charge in [-0.2, -0.15) is 0 Å². The van der Waals surface area contributed by atoms with Gasteiger partial charge in [-0.15, -0.1) is 0 Å². The van der Waals surface area contributed by atoms with E-state index in [-0.39, 0.29) is 11.7 Å². The van der Waals surface area contributed by atoms with Crippen molar-refractivity contribution in [1.29, 1.82) is 0 Å². The highest BCUT2D eigenvalue weighted by molar-refractivity contribution is 9.10. The first-order chi connectivity index (χ1) is 9.51. The molecule has 0 aliphatic rings. The highest BCUT2D eigenvalue weighted by Crippen LogP contribution is 2.27. The summed E-state index contributed by atoms with van der Waals surface area (Å²) in [7, 11) is 1.55. The van der Waals surface area contributed by atoms with Crippen molar-refractivity contribution in [3.63, 3.8) is 0 Å². The number of phenols is 1. The van der Waals surface area contributed by atoms with Crippen LogP contribution in [-0.2, 0) is 0 Å². The summed E-state index contributed by atoms with van der Waals surface area (Å²) in [5.41, 5.74) is 6.92. The predicted molar refractivity (Wildman–Crippen MR) is 81.2 cm³/mol. The van der Waals surface area contributed by atoms with E-state index in [9.17, 15) is 9.90 Å². The Kier molecular flexibility index (Phi) is 4.14. The van der Waals surface area contributed by atoms with Crippen molar-refractivity contribution in [3.05, 3.63) is 46.4 Å². The number of phenolic OH excluding ortho intramolecular Hbond substituents is 1. The van der Waals surface area contributed by atoms with Crippen molar-refractivity contribution in [2.45, 2.75) is 0 Å². The van der Waals surface area contributed by atoms with Gasteiger partial charge in [-0.1, -0.05) is 0 Å². The number of carbonyl (C=O) groups is 1. The van der Waals surface area contributed by atoms with E-state index >= 15 is 0 Å². The Labute approximate surface area is 124 Å². The summed E-state index contributed by atoms with van der Waals surface area (Å²) < 4.78 is 5.79. The summed E-state index contributed by atoms with van der Waals surface area (Å²) in [4.78, 5) is 12.1. The quantitative estimate of drug-likeness (QED) is 0.594. The van der Waals surface area contributed by atoms with Gasteiger partial charge in [0, 0.05) is 11.6 Å². The van der Waals surface area contributed by atoms with Crippen LogP contribution in [0.25, 0.3) is 0 Å². The zero-order valence-electron chi connectivity index (χ0n) is 10.7. The number of halogens is 1. The third kappa shape index (κ3) is 3.03. The molecule has 20 heavy (non-hydrogen) atoms. The molecule has 1 amide bonds. The lowest BCUT2D eigenvalue weighted by Gasteiger charge is -2.10. The van der Waals surface area contributed by atoms with Gasteiger partial charge in [0.2, 0.25) is 0 Å². The van der Waals surface area contributed by atoms with E-state index in [0.717, 1.165) is 0 Å². The fraction of sp³-hybridized carbons (Fsp3) is 0.0714. The van der Waals surface area contributed by atoms with Crippen LogP contribution in [0.1, 0.15) is 10.4 Å². The van der Waals surface area contributed by atoms with Crippen LogP contribution >= 0.6 is 15.9 Å². The third-order valence-electron chi connectivity index (χ3n) is 2.70. The van der Waals surface area contributed by atoms with E-state index in [2.05, 4.69) is 21.2 Å². The van der Waals surface area contributed by atoms with Gasteiger partial charge >= 0.3 is 0 Å². The number of nitrogens with two attached hydrogens (primary N) is 1. The number of rotatable bonds is 3. The summed E-state index contributed by atoms with van der Waals surface area (Å²) >= 11 is 3.32. The van der Waals surface area contributed by atoms with Crippen molar-refractivity contribution in [3.8, 4) is 11.5 Å². The van der Waals surface area contributed by atoms with Gasteiger partial charge < -0.3 is 20.9 Å². The van der Waals surface area contributed by atoms with Crippen LogP contribution in [0.2, 0.25) is 0 Å². The van der Waals surface area contributed by atoms with Crippen LogP contribution in [-0.4, -0.2) is 18.1 Å². The van der Waals surface area contributed by atoms with Crippen LogP contribution in [0.4, 0.5) is 11.4 Å². The first-order valence-electron chi connectivity index (χ1n) is 5.74. The van der Waals surface area contributed by atoms with Gasteiger partial charge in [0.05, 0.1) is 23.0 Å². The maximum atomic E-state index is 12.1. The fourth-order valence-corrected chi connectivity index (χ4v) is 2.21. The molecule has 2 aromatic rings. The minimum atomic E-state index is -0.300. The first-order valence-corrected chi connectivity index (χ1v) is 6.54. The monoisotopic (exact) mass is 336 g/mol. The molecule has 104 valence electrons. The normalized spacial score (nSPS) is 10.1. The molecule has 0 atom stereocenters. The molecule has 0 saturated heterocycles. The zero-order chi connectivity index (χ0) is 14.7. The SMILES string of the molecule is COc1ccc(C(=O)Nc2ccc(O)cc2N)cc1Br. The molecule has 0 saturated carbocycles. The second-order valence-electron chi connectivity index (χ2n) is 4.08. The summed E-state index contributed by atoms with van der Waals surface area (Å²) in [5.74, 6) is 0.393. The molecule has 0 radical (unpaired) electrons. The van der Waals surface area contributed by atoms with Gasteiger partial charge in [-0.3, -0.25) is 4.79 Å². The number of amides is 1. The average Bonchev–Trinajstić information content (AvgIpc) is 2.41. The molecular formula is C14H13BrN2O3. The predicted octanol–water partition coefficient (Wildman–Crippen LogP) is 3.00. The Morgan fingerprint density at radius 2 is 2.05 bits per heavy atom. The number of benzene rings is 2. The van der Waals surface area contributed by atoms with Crippen LogP contribution in [0.3, 0.4) is 0 Å². The molecule has 0 bridgehead atoms. The summed E-state index contributed by atoms with van der Waals surface area (Å²) in [5, 5.41) is 12.0. The van der Waals surface area contributed by atoms with Gasteiger partial charge in [0.25, 0.3) is 5.91 Å². The Morgan fingerprint density at radius 3 is 2.65 bits per heavy atom. The lowest BCUT2D eigenvalue weighted by atomic mass is 10.2. The minimum Gasteiger partial charge on any atom is -0.508 e. The molecule has 0 aliphatic carbocycles. The third-order valence-corrected chi connectivity index (χ3v) is 3.32. The molecule has 2 rings (SSSR count). The lowest BCUT2D eigenvalue weighted by Crippen LogP contribution is -2.13. The number of ether oxygens (including phenoxy) is 1. The maximum Gasteiger partial charge on any atom is 0.255 e. The number of hydrogen-bond donors (Lipinski definition) is 3. The van der Waals surface area contributed by atoms with Crippen LogP contribution in [0, 0.1) is 0 Å². The second kappa shape index (κ2) is 5.83. The molecule has 0 unspecified atom stereocenters. The fourth-order valence-electron chi connectivity index (χ4n) is 1.67. The van der Waals surface area contributed by atoms with Crippen LogP contribution < -0.4 is 15.8 Å². The largest absolute Gasteiger partial charge is 0.508 e. The lowest BCUT2D eigenvalue weighted by molar-refractivity contribution is 0.102. The first kappa shape index (κ1) is 14.2. The molecule has 0 fully saturated rings. The number of carbonyl (C=O) groups excluding carboxylic acids is 1. The highest BCUT2D eigenvalue weighted by Gasteiger charge is 2.10. The van der Waals surface area contributed by atoms with Crippen molar-refractivity contribution < 1.29 is 14.6 Å². The van der Waals surface area contributed by atoms with Crippen LogP contribution in [0.15, 0.2) is 40.9 Å². The summed E-state index contributed by atoms with van der Waals surface area (Å²) in [6.45, 7) is 0. The molecule has 0 heterocycles. The van der Waals surface area contributed by atoms with Crippen molar-refractivity contribution in [2.24, 2.45) is 0 Å². The number of methoxy groups -OCH3 is 1. The van der Waals surface area contributed by atoms with Crippen LogP contribution in [0.5, 0.6) is 11.5 Å². The van der Waals surface area contributed by atoms with E-state index in [1.807, 2.05) is 0 Å². The number of hydrogen-bond acceptors (Lipinski definition) is 4.